The van der Waals surface area contributed by atoms with E-state index in [1.807, 2.05) is 18.2 Å². The van der Waals surface area contributed by atoms with Gasteiger partial charge in [0, 0.05) is 18.8 Å². The highest BCUT2D eigenvalue weighted by molar-refractivity contribution is 5.73. The molecule has 80 valence electrons. The van der Waals surface area contributed by atoms with Crippen LogP contribution >= 0.6 is 0 Å². The molecule has 0 atom stereocenters. The first-order valence-corrected chi connectivity index (χ1v) is 4.80. The Labute approximate surface area is 92.2 Å². The highest BCUT2D eigenvalue weighted by Crippen LogP contribution is 2.11. The minimum atomic E-state index is -0.211. The minimum absolute atomic E-state index is 0.211. The van der Waals surface area contributed by atoms with Gasteiger partial charge in [-0.15, -0.1) is 0 Å². The molecule has 0 spiro atoms. The van der Waals surface area contributed by atoms with Gasteiger partial charge in [0.05, 0.1) is 0 Å². The van der Waals surface area contributed by atoms with E-state index in [9.17, 15) is 9.59 Å². The number of rotatable bonds is 2. The molecule has 0 radical (unpaired) electrons. The van der Waals surface area contributed by atoms with Crippen LogP contribution in [0.4, 0.5) is 0 Å². The Balaban J connectivity index is 2.70. The molecule has 0 saturated heterocycles. The number of carbonyl (C=O) groups is 1. The Bertz CT molecular complexity index is 573. The van der Waals surface area contributed by atoms with Gasteiger partial charge >= 0.3 is 0 Å². The van der Waals surface area contributed by atoms with Crippen LogP contribution in [0.15, 0.2) is 41.3 Å². The van der Waals surface area contributed by atoms with Gasteiger partial charge in [0.25, 0.3) is 5.56 Å². The quantitative estimate of drug-likeness (QED) is 0.707. The van der Waals surface area contributed by atoms with Crippen LogP contribution in [0.5, 0.6) is 0 Å². The van der Waals surface area contributed by atoms with Crippen molar-refractivity contribution in [2.45, 2.75) is 0 Å². The fourth-order valence-electron chi connectivity index (χ4n) is 1.47. The molecule has 1 aromatic heterocycles. The van der Waals surface area contributed by atoms with E-state index in [1.165, 1.54) is 10.8 Å². The summed E-state index contributed by atoms with van der Waals surface area (Å²) in [4.78, 5) is 26.5. The van der Waals surface area contributed by atoms with E-state index in [2.05, 4.69) is 4.98 Å². The van der Waals surface area contributed by atoms with Crippen LogP contribution in [-0.2, 0) is 7.05 Å². The number of benzene rings is 1. The average molecular weight is 214 g/mol. The molecule has 1 aromatic carbocycles. The van der Waals surface area contributed by atoms with Gasteiger partial charge in [0.15, 0.2) is 6.29 Å². The monoisotopic (exact) mass is 214 g/mol. The second kappa shape index (κ2) is 4.10. The predicted octanol–water partition coefficient (Wildman–Crippen LogP) is 1.26. The maximum absolute atomic E-state index is 11.8. The van der Waals surface area contributed by atoms with Crippen molar-refractivity contribution >= 4 is 6.29 Å². The number of aromatic nitrogens is 2. The molecule has 0 bridgehead atoms. The highest BCUT2D eigenvalue weighted by Gasteiger charge is 2.07. The fourth-order valence-corrected chi connectivity index (χ4v) is 1.47. The lowest BCUT2D eigenvalue weighted by Gasteiger charge is -2.03. The highest BCUT2D eigenvalue weighted by atomic mass is 16.1. The summed E-state index contributed by atoms with van der Waals surface area (Å²) in [7, 11) is 1.60. The lowest BCUT2D eigenvalue weighted by Crippen LogP contribution is -2.21. The van der Waals surface area contributed by atoms with E-state index in [-0.39, 0.29) is 11.3 Å². The van der Waals surface area contributed by atoms with E-state index in [1.54, 1.807) is 19.2 Å². The molecular weight excluding hydrogens is 204 g/mol. The summed E-state index contributed by atoms with van der Waals surface area (Å²) in [5.74, 6) is 0. The topological polar surface area (TPSA) is 52.0 Å². The zero-order valence-corrected chi connectivity index (χ0v) is 8.75. The Kier molecular flexibility index (Phi) is 2.64. The molecule has 0 amide bonds. The molecule has 0 aliphatic carbocycles. The second-order valence-electron chi connectivity index (χ2n) is 3.41. The van der Waals surface area contributed by atoms with Crippen molar-refractivity contribution in [3.63, 3.8) is 0 Å². The van der Waals surface area contributed by atoms with E-state index >= 15 is 0 Å². The second-order valence-corrected chi connectivity index (χ2v) is 3.41. The van der Waals surface area contributed by atoms with Crippen LogP contribution in [0.3, 0.4) is 0 Å². The SMILES string of the molecule is Cn1cc(C=O)nc(-c2ccccc2)c1=O. The Morgan fingerprint density at radius 3 is 2.56 bits per heavy atom. The number of carbonyl (C=O) groups excluding carboxylic acids is 1. The molecule has 1 heterocycles. The normalized spacial score (nSPS) is 10.1. The molecule has 0 unspecified atom stereocenters. The van der Waals surface area contributed by atoms with Gasteiger partial charge in [0.1, 0.15) is 11.4 Å². The first-order valence-electron chi connectivity index (χ1n) is 4.80. The molecule has 2 aromatic rings. The summed E-state index contributed by atoms with van der Waals surface area (Å²) >= 11 is 0. The smallest absolute Gasteiger partial charge is 0.276 e. The van der Waals surface area contributed by atoms with Gasteiger partial charge in [-0.3, -0.25) is 9.59 Å². The third kappa shape index (κ3) is 1.77. The third-order valence-electron chi connectivity index (χ3n) is 2.26. The summed E-state index contributed by atoms with van der Waals surface area (Å²) < 4.78 is 1.36. The summed E-state index contributed by atoms with van der Waals surface area (Å²) in [6, 6.07) is 9.09. The summed E-state index contributed by atoms with van der Waals surface area (Å²) in [5.41, 5.74) is 1.05. The Hall–Kier alpha value is -2.23. The lowest BCUT2D eigenvalue weighted by molar-refractivity contribution is 0.111. The molecule has 16 heavy (non-hydrogen) atoms. The number of hydrogen-bond acceptors (Lipinski definition) is 3. The Morgan fingerprint density at radius 2 is 1.94 bits per heavy atom. The van der Waals surface area contributed by atoms with Gasteiger partial charge in [-0.1, -0.05) is 30.3 Å². The van der Waals surface area contributed by atoms with Crippen molar-refractivity contribution < 1.29 is 4.79 Å². The number of hydrogen-bond donors (Lipinski definition) is 0. The zero-order valence-electron chi connectivity index (χ0n) is 8.75. The van der Waals surface area contributed by atoms with Crippen molar-refractivity contribution in [1.29, 1.82) is 0 Å². The van der Waals surface area contributed by atoms with Crippen LogP contribution in [0.2, 0.25) is 0 Å². The molecule has 2 rings (SSSR count). The van der Waals surface area contributed by atoms with E-state index in [0.29, 0.717) is 17.5 Å². The van der Waals surface area contributed by atoms with Crippen LogP contribution in [0.1, 0.15) is 10.5 Å². The number of nitrogens with zero attached hydrogens (tertiary/aromatic N) is 2. The standard InChI is InChI=1S/C12H10N2O2/c1-14-7-10(8-15)13-11(12(14)16)9-5-3-2-4-6-9/h2-8H,1H3. The number of aldehydes is 1. The zero-order chi connectivity index (χ0) is 11.5. The summed E-state index contributed by atoms with van der Waals surface area (Å²) in [6.07, 6.45) is 2.05. The van der Waals surface area contributed by atoms with Crippen LogP contribution in [-0.4, -0.2) is 15.8 Å². The van der Waals surface area contributed by atoms with E-state index in [4.69, 9.17) is 0 Å². The Morgan fingerprint density at radius 1 is 1.25 bits per heavy atom. The largest absolute Gasteiger partial charge is 0.314 e. The van der Waals surface area contributed by atoms with Crippen LogP contribution in [0.25, 0.3) is 11.3 Å². The molecule has 4 heteroatoms. The maximum Gasteiger partial charge on any atom is 0.276 e. The van der Waals surface area contributed by atoms with E-state index < -0.39 is 0 Å². The minimum Gasteiger partial charge on any atom is -0.314 e. The molecule has 0 aliphatic heterocycles. The summed E-state index contributed by atoms with van der Waals surface area (Å²) in [5, 5.41) is 0. The van der Waals surface area contributed by atoms with Crippen molar-refractivity contribution in [3.8, 4) is 11.3 Å². The third-order valence-corrected chi connectivity index (χ3v) is 2.26. The van der Waals surface area contributed by atoms with Gasteiger partial charge in [-0.2, -0.15) is 0 Å². The molecule has 0 saturated carbocycles. The molecule has 0 N–H and O–H groups in total. The molecule has 0 aliphatic rings. The molecular formula is C12H10N2O2. The van der Waals surface area contributed by atoms with Gasteiger partial charge in [-0.05, 0) is 0 Å². The van der Waals surface area contributed by atoms with Crippen LogP contribution < -0.4 is 5.56 Å². The first-order chi connectivity index (χ1) is 7.72. The maximum atomic E-state index is 11.8. The fraction of sp³-hybridized carbons (Fsp3) is 0.0833. The van der Waals surface area contributed by atoms with E-state index in [0.717, 1.165) is 0 Å². The lowest BCUT2D eigenvalue weighted by atomic mass is 10.1. The van der Waals surface area contributed by atoms with Gasteiger partial charge in [-0.25, -0.2) is 4.98 Å². The van der Waals surface area contributed by atoms with Crippen molar-refractivity contribution in [2.24, 2.45) is 7.05 Å². The first kappa shape index (κ1) is 10.3. The number of aryl methyl sites for hydroxylation is 1. The van der Waals surface area contributed by atoms with Crippen molar-refractivity contribution in [2.75, 3.05) is 0 Å². The van der Waals surface area contributed by atoms with Crippen molar-refractivity contribution in [1.82, 2.24) is 9.55 Å². The van der Waals surface area contributed by atoms with Crippen molar-refractivity contribution in [3.05, 3.63) is 52.6 Å². The van der Waals surface area contributed by atoms with Crippen LogP contribution in [0, 0.1) is 0 Å². The van der Waals surface area contributed by atoms with Gasteiger partial charge < -0.3 is 4.57 Å². The average Bonchev–Trinajstić information content (AvgIpc) is 2.33. The predicted molar refractivity (Wildman–Crippen MR) is 60.3 cm³/mol. The summed E-state index contributed by atoms with van der Waals surface area (Å²) in [6.45, 7) is 0. The van der Waals surface area contributed by atoms with Gasteiger partial charge in [0.2, 0.25) is 0 Å². The molecule has 0 fully saturated rings. The molecule has 4 nitrogen and oxygen atoms in total.